The molecular weight excluding hydrogens is 298 g/mol. The molecule has 0 amide bonds. The average Bonchev–Trinajstić information content (AvgIpc) is 2.39. The van der Waals surface area contributed by atoms with Gasteiger partial charge in [0.05, 0.1) is 19.0 Å². The minimum Gasteiger partial charge on any atom is -0.389 e. The smallest absolute Gasteiger partial charge is 0.228 e. The summed E-state index contributed by atoms with van der Waals surface area (Å²) < 4.78 is 29.4. The standard InChI is InChI=1S/C12H17N3O3S2/c13-12(19)11-3-1-2-10(8-11)9-20(16,17)14-15-4-6-18-7-5-15/h1-3,8,14H,4-7,9H2,(H2,13,19). The van der Waals surface area contributed by atoms with Crippen LogP contribution in [0, 0.1) is 0 Å². The summed E-state index contributed by atoms with van der Waals surface area (Å²) in [4.78, 5) is 2.81. The molecule has 20 heavy (non-hydrogen) atoms. The van der Waals surface area contributed by atoms with Crippen LogP contribution in [-0.4, -0.2) is 44.7 Å². The molecule has 1 aliphatic rings. The van der Waals surface area contributed by atoms with Gasteiger partial charge in [-0.25, -0.2) is 13.4 Å². The number of nitrogens with two attached hydrogens (primary N) is 1. The first-order valence-electron chi connectivity index (χ1n) is 6.18. The molecule has 0 aromatic heterocycles. The van der Waals surface area contributed by atoms with Gasteiger partial charge in [0.25, 0.3) is 0 Å². The maximum Gasteiger partial charge on any atom is 0.228 e. The van der Waals surface area contributed by atoms with Crippen molar-refractivity contribution in [1.82, 2.24) is 9.84 Å². The van der Waals surface area contributed by atoms with Gasteiger partial charge in [-0.2, -0.15) is 0 Å². The van der Waals surface area contributed by atoms with Crippen LogP contribution in [0.5, 0.6) is 0 Å². The SMILES string of the molecule is NC(=S)c1cccc(CS(=O)(=O)NN2CCOCC2)c1. The maximum absolute atomic E-state index is 12.1. The molecule has 110 valence electrons. The molecular formula is C12H17N3O3S2. The lowest BCUT2D eigenvalue weighted by Gasteiger charge is -2.26. The van der Waals surface area contributed by atoms with E-state index in [1.165, 1.54) is 0 Å². The third-order valence-electron chi connectivity index (χ3n) is 2.85. The van der Waals surface area contributed by atoms with Crippen molar-refractivity contribution in [2.75, 3.05) is 26.3 Å². The molecule has 1 aromatic carbocycles. The molecule has 0 spiro atoms. The zero-order chi connectivity index (χ0) is 14.6. The van der Waals surface area contributed by atoms with E-state index in [4.69, 9.17) is 22.7 Å². The molecule has 0 saturated carbocycles. The van der Waals surface area contributed by atoms with E-state index in [-0.39, 0.29) is 10.7 Å². The van der Waals surface area contributed by atoms with Gasteiger partial charge >= 0.3 is 0 Å². The molecule has 1 aliphatic heterocycles. The highest BCUT2D eigenvalue weighted by Gasteiger charge is 2.18. The van der Waals surface area contributed by atoms with Crippen LogP contribution in [0.2, 0.25) is 0 Å². The largest absolute Gasteiger partial charge is 0.389 e. The lowest BCUT2D eigenvalue weighted by atomic mass is 10.1. The van der Waals surface area contributed by atoms with Gasteiger partial charge < -0.3 is 10.5 Å². The lowest BCUT2D eigenvalue weighted by molar-refractivity contribution is 0.0272. The maximum atomic E-state index is 12.1. The molecule has 1 saturated heterocycles. The second-order valence-corrected chi connectivity index (χ2v) is 6.65. The Hall–Kier alpha value is -1.06. The zero-order valence-corrected chi connectivity index (χ0v) is 12.5. The minimum absolute atomic E-state index is 0.110. The van der Waals surface area contributed by atoms with Gasteiger partial charge in [0.15, 0.2) is 0 Å². The highest BCUT2D eigenvalue weighted by molar-refractivity contribution is 7.88. The summed E-state index contributed by atoms with van der Waals surface area (Å²) in [5.41, 5.74) is 6.85. The summed E-state index contributed by atoms with van der Waals surface area (Å²) in [5.74, 6) is -0.110. The van der Waals surface area contributed by atoms with E-state index in [0.717, 1.165) is 0 Å². The van der Waals surface area contributed by atoms with Crippen LogP contribution in [-0.2, 0) is 20.5 Å². The summed E-state index contributed by atoms with van der Waals surface area (Å²) >= 11 is 4.88. The summed E-state index contributed by atoms with van der Waals surface area (Å²) in [6.45, 7) is 2.15. The molecule has 2 rings (SSSR count). The van der Waals surface area contributed by atoms with E-state index in [1.807, 2.05) is 0 Å². The van der Waals surface area contributed by atoms with Crippen LogP contribution < -0.4 is 10.6 Å². The Labute approximate surface area is 123 Å². The number of hydrazine groups is 1. The predicted octanol–water partition coefficient (Wildman–Crippen LogP) is -0.0126. The Bertz CT molecular complexity index is 583. The van der Waals surface area contributed by atoms with Gasteiger partial charge in [0, 0.05) is 18.7 Å². The second kappa shape index (κ2) is 6.59. The topological polar surface area (TPSA) is 84.7 Å². The van der Waals surface area contributed by atoms with E-state index in [2.05, 4.69) is 4.83 Å². The number of hydrogen-bond donors (Lipinski definition) is 2. The monoisotopic (exact) mass is 315 g/mol. The van der Waals surface area contributed by atoms with Gasteiger partial charge in [-0.3, -0.25) is 0 Å². The van der Waals surface area contributed by atoms with Gasteiger partial charge in [0.1, 0.15) is 4.99 Å². The molecule has 0 unspecified atom stereocenters. The van der Waals surface area contributed by atoms with Crippen LogP contribution in [0.1, 0.15) is 11.1 Å². The number of morpholine rings is 1. The average molecular weight is 315 g/mol. The molecule has 0 atom stereocenters. The first-order chi connectivity index (χ1) is 9.46. The lowest BCUT2D eigenvalue weighted by Crippen LogP contribution is -2.48. The summed E-state index contributed by atoms with van der Waals surface area (Å²) in [7, 11) is -3.44. The first kappa shape index (κ1) is 15.3. The minimum atomic E-state index is -3.44. The van der Waals surface area contributed by atoms with Crippen molar-refractivity contribution < 1.29 is 13.2 Å². The Morgan fingerprint density at radius 2 is 2.10 bits per heavy atom. The van der Waals surface area contributed by atoms with Crippen LogP contribution in [0.15, 0.2) is 24.3 Å². The van der Waals surface area contributed by atoms with E-state index in [1.54, 1.807) is 29.3 Å². The summed E-state index contributed by atoms with van der Waals surface area (Å²) in [6.07, 6.45) is 0. The Morgan fingerprint density at radius 3 is 2.75 bits per heavy atom. The van der Waals surface area contributed by atoms with Crippen molar-refractivity contribution in [2.24, 2.45) is 5.73 Å². The predicted molar refractivity (Wildman–Crippen MR) is 80.5 cm³/mol. The van der Waals surface area contributed by atoms with E-state index in [9.17, 15) is 8.42 Å². The van der Waals surface area contributed by atoms with Crippen molar-refractivity contribution in [3.63, 3.8) is 0 Å². The molecule has 6 nitrogen and oxygen atoms in total. The summed E-state index contributed by atoms with van der Waals surface area (Å²) in [5, 5.41) is 1.65. The van der Waals surface area contributed by atoms with Gasteiger partial charge in [-0.05, 0) is 11.6 Å². The normalized spacial score (nSPS) is 17.0. The van der Waals surface area contributed by atoms with Crippen LogP contribution in [0.4, 0.5) is 0 Å². The highest BCUT2D eigenvalue weighted by atomic mass is 32.2. The molecule has 3 N–H and O–H groups in total. The molecule has 1 heterocycles. The van der Waals surface area contributed by atoms with Crippen LogP contribution in [0.3, 0.4) is 0 Å². The molecule has 0 bridgehead atoms. The van der Waals surface area contributed by atoms with E-state index >= 15 is 0 Å². The van der Waals surface area contributed by atoms with Crippen LogP contribution >= 0.6 is 12.2 Å². The zero-order valence-electron chi connectivity index (χ0n) is 10.9. The molecule has 1 fully saturated rings. The Balaban J connectivity index is 2.03. The third kappa shape index (κ3) is 4.50. The number of hydrogen-bond acceptors (Lipinski definition) is 5. The molecule has 0 aliphatic carbocycles. The summed E-state index contributed by atoms with van der Waals surface area (Å²) in [6, 6.07) is 6.93. The fourth-order valence-electron chi connectivity index (χ4n) is 1.92. The van der Waals surface area contributed by atoms with Crippen molar-refractivity contribution in [2.45, 2.75) is 5.75 Å². The first-order valence-corrected chi connectivity index (χ1v) is 8.24. The number of nitrogens with zero attached hydrogens (tertiary/aromatic N) is 1. The van der Waals surface area contributed by atoms with E-state index < -0.39 is 10.0 Å². The third-order valence-corrected chi connectivity index (χ3v) is 4.33. The quantitative estimate of drug-likeness (QED) is 0.743. The Morgan fingerprint density at radius 1 is 1.40 bits per heavy atom. The fourth-order valence-corrected chi connectivity index (χ4v) is 3.30. The van der Waals surface area contributed by atoms with E-state index in [0.29, 0.717) is 37.4 Å². The van der Waals surface area contributed by atoms with Crippen LogP contribution in [0.25, 0.3) is 0 Å². The second-order valence-electron chi connectivity index (χ2n) is 4.51. The fraction of sp³-hybridized carbons (Fsp3) is 0.417. The highest BCUT2D eigenvalue weighted by Crippen LogP contribution is 2.09. The van der Waals surface area contributed by atoms with Crippen molar-refractivity contribution in [3.05, 3.63) is 35.4 Å². The number of nitrogens with one attached hydrogen (secondary N) is 1. The van der Waals surface area contributed by atoms with Gasteiger partial charge in [-0.1, -0.05) is 30.4 Å². The Kier molecular flexibility index (Phi) is 5.06. The number of sulfonamides is 1. The molecule has 0 radical (unpaired) electrons. The van der Waals surface area contributed by atoms with Crippen molar-refractivity contribution >= 4 is 27.2 Å². The molecule has 8 heteroatoms. The van der Waals surface area contributed by atoms with Crippen molar-refractivity contribution in [1.29, 1.82) is 0 Å². The number of ether oxygens (including phenoxy) is 1. The number of thiocarbonyl (C=S) groups is 1. The van der Waals surface area contributed by atoms with Gasteiger partial charge in [0.2, 0.25) is 10.0 Å². The number of benzene rings is 1. The van der Waals surface area contributed by atoms with Gasteiger partial charge in [-0.15, -0.1) is 4.83 Å². The number of rotatable bonds is 5. The van der Waals surface area contributed by atoms with Crippen molar-refractivity contribution in [3.8, 4) is 0 Å². The molecule has 1 aromatic rings.